The van der Waals surface area contributed by atoms with Crippen molar-refractivity contribution in [1.82, 2.24) is 5.32 Å². The number of hydrogen-bond acceptors (Lipinski definition) is 2. The highest BCUT2D eigenvalue weighted by Gasteiger charge is 2.14. The molecule has 1 aromatic carbocycles. The Morgan fingerprint density at radius 2 is 1.90 bits per heavy atom. The maximum atomic E-state index is 11.8. The van der Waals surface area contributed by atoms with Crippen LogP contribution in [0.3, 0.4) is 0 Å². The number of carbonyl (C=O) groups is 2. The zero-order valence-corrected chi connectivity index (χ0v) is 13.5. The number of benzene rings is 1. The van der Waals surface area contributed by atoms with Crippen molar-refractivity contribution in [2.45, 2.75) is 40.5 Å². The van der Waals surface area contributed by atoms with E-state index in [9.17, 15) is 9.59 Å². The molecule has 0 saturated carbocycles. The number of aryl methyl sites for hydroxylation is 1. The predicted octanol–water partition coefficient (Wildman–Crippen LogP) is 2.90. The van der Waals surface area contributed by atoms with Gasteiger partial charge in [-0.25, -0.2) is 0 Å². The minimum Gasteiger partial charge on any atom is -0.356 e. The van der Waals surface area contributed by atoms with E-state index in [1.807, 2.05) is 31.2 Å². The van der Waals surface area contributed by atoms with Crippen LogP contribution in [0.2, 0.25) is 0 Å². The maximum absolute atomic E-state index is 11.8. The molecule has 4 nitrogen and oxygen atoms in total. The molecule has 0 spiro atoms. The molecular weight excluding hydrogens is 264 g/mol. The lowest BCUT2D eigenvalue weighted by atomic mass is 10.1. The Labute approximate surface area is 127 Å². The number of nitrogens with zero attached hydrogens (tertiary/aromatic N) is 1. The fourth-order valence-electron chi connectivity index (χ4n) is 2.12. The summed E-state index contributed by atoms with van der Waals surface area (Å²) in [6, 6.07) is 7.72. The molecule has 0 aromatic heterocycles. The van der Waals surface area contributed by atoms with Crippen molar-refractivity contribution < 1.29 is 9.59 Å². The molecule has 0 unspecified atom stereocenters. The van der Waals surface area contributed by atoms with Crippen molar-refractivity contribution in [3.8, 4) is 0 Å². The molecule has 0 atom stereocenters. The van der Waals surface area contributed by atoms with Crippen LogP contribution in [0.5, 0.6) is 0 Å². The molecule has 2 amide bonds. The van der Waals surface area contributed by atoms with Gasteiger partial charge in [-0.3, -0.25) is 9.59 Å². The summed E-state index contributed by atoms with van der Waals surface area (Å²) in [6.07, 6.45) is 1.30. The van der Waals surface area contributed by atoms with E-state index in [4.69, 9.17) is 0 Å². The van der Waals surface area contributed by atoms with Gasteiger partial charge in [0.1, 0.15) is 0 Å². The van der Waals surface area contributed by atoms with Crippen molar-refractivity contribution in [1.29, 1.82) is 0 Å². The Morgan fingerprint density at radius 3 is 2.48 bits per heavy atom. The second-order valence-electron chi connectivity index (χ2n) is 5.74. The number of carbonyl (C=O) groups excluding carboxylic acids is 2. The summed E-state index contributed by atoms with van der Waals surface area (Å²) in [5, 5.41) is 2.90. The SMILES string of the molecule is CC(=O)N(CCC(=O)NCCC(C)C)c1ccccc1C. The molecule has 4 heteroatoms. The fourth-order valence-corrected chi connectivity index (χ4v) is 2.12. The summed E-state index contributed by atoms with van der Waals surface area (Å²) in [7, 11) is 0. The molecule has 0 fully saturated rings. The van der Waals surface area contributed by atoms with E-state index in [2.05, 4.69) is 19.2 Å². The normalized spacial score (nSPS) is 10.5. The molecule has 1 aromatic rings. The van der Waals surface area contributed by atoms with Crippen LogP contribution in [0.25, 0.3) is 0 Å². The van der Waals surface area contributed by atoms with Gasteiger partial charge in [-0.2, -0.15) is 0 Å². The topological polar surface area (TPSA) is 49.4 Å². The molecule has 1 rings (SSSR count). The van der Waals surface area contributed by atoms with Crippen molar-refractivity contribution >= 4 is 17.5 Å². The third-order valence-electron chi connectivity index (χ3n) is 3.39. The molecule has 116 valence electrons. The largest absolute Gasteiger partial charge is 0.356 e. The Kier molecular flexibility index (Phi) is 6.92. The lowest BCUT2D eigenvalue weighted by Gasteiger charge is -2.22. The standard InChI is InChI=1S/C17H26N2O2/c1-13(2)9-11-18-17(21)10-12-19(15(4)20)16-8-6-5-7-14(16)3/h5-8,13H,9-12H2,1-4H3,(H,18,21). The number of hydrogen-bond donors (Lipinski definition) is 1. The summed E-state index contributed by atoms with van der Waals surface area (Å²) in [4.78, 5) is 25.3. The maximum Gasteiger partial charge on any atom is 0.223 e. The molecule has 0 saturated heterocycles. The Bertz CT molecular complexity index is 483. The second kappa shape index (κ2) is 8.45. The van der Waals surface area contributed by atoms with Gasteiger partial charge in [-0.1, -0.05) is 32.0 Å². The summed E-state index contributed by atoms with van der Waals surface area (Å²) in [5.74, 6) is 0.528. The number of anilines is 1. The van der Waals surface area contributed by atoms with E-state index in [1.165, 1.54) is 6.92 Å². The van der Waals surface area contributed by atoms with Crippen molar-refractivity contribution in [3.05, 3.63) is 29.8 Å². The van der Waals surface area contributed by atoms with Crippen LogP contribution in [0.15, 0.2) is 24.3 Å². The Balaban J connectivity index is 2.55. The first-order chi connectivity index (χ1) is 9.91. The van der Waals surface area contributed by atoms with Crippen LogP contribution in [-0.4, -0.2) is 24.9 Å². The highest BCUT2D eigenvalue weighted by atomic mass is 16.2. The first-order valence-corrected chi connectivity index (χ1v) is 7.52. The van der Waals surface area contributed by atoms with Gasteiger partial charge in [0.05, 0.1) is 0 Å². The zero-order valence-electron chi connectivity index (χ0n) is 13.5. The monoisotopic (exact) mass is 290 g/mol. The van der Waals surface area contributed by atoms with Crippen LogP contribution in [0.1, 0.15) is 39.2 Å². The molecule has 0 bridgehead atoms. The van der Waals surface area contributed by atoms with E-state index in [-0.39, 0.29) is 11.8 Å². The minimum atomic E-state index is -0.0423. The molecule has 21 heavy (non-hydrogen) atoms. The third-order valence-corrected chi connectivity index (χ3v) is 3.39. The lowest BCUT2D eigenvalue weighted by molar-refractivity contribution is -0.121. The van der Waals surface area contributed by atoms with E-state index in [0.29, 0.717) is 25.4 Å². The number of nitrogens with one attached hydrogen (secondary N) is 1. The van der Waals surface area contributed by atoms with Gasteiger partial charge in [-0.15, -0.1) is 0 Å². The predicted molar refractivity (Wildman–Crippen MR) is 86.3 cm³/mol. The van der Waals surface area contributed by atoms with Gasteiger partial charge in [-0.05, 0) is 30.9 Å². The first kappa shape index (κ1) is 17.2. The average molecular weight is 290 g/mol. The van der Waals surface area contributed by atoms with Crippen LogP contribution >= 0.6 is 0 Å². The highest BCUT2D eigenvalue weighted by Crippen LogP contribution is 2.19. The summed E-state index contributed by atoms with van der Waals surface area (Å²) >= 11 is 0. The lowest BCUT2D eigenvalue weighted by Crippen LogP contribution is -2.34. The zero-order chi connectivity index (χ0) is 15.8. The van der Waals surface area contributed by atoms with Crippen LogP contribution < -0.4 is 10.2 Å². The van der Waals surface area contributed by atoms with E-state index >= 15 is 0 Å². The summed E-state index contributed by atoms with van der Waals surface area (Å²) in [5.41, 5.74) is 1.91. The highest BCUT2D eigenvalue weighted by molar-refractivity contribution is 5.93. The molecule has 0 aliphatic rings. The van der Waals surface area contributed by atoms with Crippen LogP contribution in [0.4, 0.5) is 5.69 Å². The number of para-hydroxylation sites is 1. The molecule has 0 aliphatic heterocycles. The average Bonchev–Trinajstić information content (AvgIpc) is 2.40. The number of amides is 2. The van der Waals surface area contributed by atoms with Crippen molar-refractivity contribution in [3.63, 3.8) is 0 Å². The van der Waals surface area contributed by atoms with E-state index in [0.717, 1.165) is 17.7 Å². The second-order valence-corrected chi connectivity index (χ2v) is 5.74. The van der Waals surface area contributed by atoms with E-state index in [1.54, 1.807) is 4.90 Å². The van der Waals surface area contributed by atoms with Crippen LogP contribution in [-0.2, 0) is 9.59 Å². The van der Waals surface area contributed by atoms with Gasteiger partial charge in [0.15, 0.2) is 0 Å². The molecule has 1 N–H and O–H groups in total. The van der Waals surface area contributed by atoms with Gasteiger partial charge in [0.25, 0.3) is 0 Å². The number of rotatable bonds is 7. The van der Waals surface area contributed by atoms with Crippen LogP contribution in [0, 0.1) is 12.8 Å². The Morgan fingerprint density at radius 1 is 1.24 bits per heavy atom. The third kappa shape index (κ3) is 5.98. The van der Waals surface area contributed by atoms with Gasteiger partial charge in [0.2, 0.25) is 11.8 Å². The quantitative estimate of drug-likeness (QED) is 0.839. The molecule has 0 heterocycles. The first-order valence-electron chi connectivity index (χ1n) is 7.52. The Hall–Kier alpha value is -1.84. The molecule has 0 radical (unpaired) electrons. The summed E-state index contributed by atoms with van der Waals surface area (Å²) in [6.45, 7) is 8.86. The minimum absolute atomic E-state index is 0.00418. The van der Waals surface area contributed by atoms with Gasteiger partial charge in [0, 0.05) is 32.1 Å². The molecular formula is C17H26N2O2. The molecule has 0 aliphatic carbocycles. The fraction of sp³-hybridized carbons (Fsp3) is 0.529. The van der Waals surface area contributed by atoms with Crippen molar-refractivity contribution in [2.24, 2.45) is 5.92 Å². The summed E-state index contributed by atoms with van der Waals surface area (Å²) < 4.78 is 0. The van der Waals surface area contributed by atoms with Gasteiger partial charge < -0.3 is 10.2 Å². The van der Waals surface area contributed by atoms with E-state index < -0.39 is 0 Å². The van der Waals surface area contributed by atoms with Gasteiger partial charge >= 0.3 is 0 Å². The smallest absolute Gasteiger partial charge is 0.223 e. The van der Waals surface area contributed by atoms with Crippen molar-refractivity contribution in [2.75, 3.05) is 18.0 Å².